The Hall–Kier alpha value is -2.83. The predicted molar refractivity (Wildman–Crippen MR) is 124 cm³/mol. The van der Waals surface area contributed by atoms with Crippen LogP contribution >= 0.6 is 11.6 Å². The van der Waals surface area contributed by atoms with E-state index in [0.29, 0.717) is 17.3 Å². The summed E-state index contributed by atoms with van der Waals surface area (Å²) >= 11 is 6.01. The highest BCUT2D eigenvalue weighted by Crippen LogP contribution is 2.29. The first-order valence-corrected chi connectivity index (χ1v) is 11.9. The molecule has 0 saturated heterocycles. The van der Waals surface area contributed by atoms with Crippen LogP contribution in [0.4, 0.5) is 11.4 Å². The molecule has 0 saturated carbocycles. The number of rotatable bonds is 5. The van der Waals surface area contributed by atoms with E-state index in [2.05, 4.69) is 0 Å². The van der Waals surface area contributed by atoms with Gasteiger partial charge in [-0.05, 0) is 67.8 Å². The van der Waals surface area contributed by atoms with Gasteiger partial charge in [-0.25, -0.2) is 8.42 Å². The summed E-state index contributed by atoms with van der Waals surface area (Å²) in [5.74, 6) is -0.266. The summed E-state index contributed by atoms with van der Waals surface area (Å²) in [6.07, 6.45) is 1.75. The Labute approximate surface area is 187 Å². The summed E-state index contributed by atoms with van der Waals surface area (Å²) in [7, 11) is -3.95. The van der Waals surface area contributed by atoms with E-state index in [0.717, 1.165) is 34.0 Å². The third kappa shape index (κ3) is 4.45. The molecule has 1 amide bonds. The number of sulfonamides is 1. The summed E-state index contributed by atoms with van der Waals surface area (Å²) in [5, 5.41) is 0.493. The lowest BCUT2D eigenvalue weighted by Gasteiger charge is -2.32. The lowest BCUT2D eigenvalue weighted by Crippen LogP contribution is -2.45. The van der Waals surface area contributed by atoms with E-state index in [1.807, 2.05) is 31.2 Å². The molecule has 160 valence electrons. The number of benzene rings is 3. The third-order valence-corrected chi connectivity index (χ3v) is 7.45. The van der Waals surface area contributed by atoms with Crippen molar-refractivity contribution >= 4 is 38.9 Å². The number of halogens is 1. The molecule has 0 spiro atoms. The minimum atomic E-state index is -3.95. The molecule has 0 unspecified atom stereocenters. The van der Waals surface area contributed by atoms with Gasteiger partial charge in [-0.3, -0.25) is 9.10 Å². The van der Waals surface area contributed by atoms with Crippen molar-refractivity contribution in [2.24, 2.45) is 0 Å². The zero-order chi connectivity index (χ0) is 22.0. The normalized spacial score (nSPS) is 13.5. The molecule has 0 radical (unpaired) electrons. The third-order valence-electron chi connectivity index (χ3n) is 5.41. The van der Waals surface area contributed by atoms with Crippen molar-refractivity contribution < 1.29 is 13.2 Å². The van der Waals surface area contributed by atoms with Crippen LogP contribution in [0.1, 0.15) is 17.5 Å². The van der Waals surface area contributed by atoms with Crippen LogP contribution in [0.5, 0.6) is 0 Å². The first kappa shape index (κ1) is 21.4. The van der Waals surface area contributed by atoms with Crippen LogP contribution in [0.25, 0.3) is 0 Å². The molecule has 31 heavy (non-hydrogen) atoms. The molecule has 4 rings (SSSR count). The number of carbonyl (C=O) groups excluding carboxylic acids is 1. The summed E-state index contributed by atoms with van der Waals surface area (Å²) in [5.41, 5.74) is 3.30. The summed E-state index contributed by atoms with van der Waals surface area (Å²) < 4.78 is 28.2. The molecule has 0 aromatic heterocycles. The summed E-state index contributed by atoms with van der Waals surface area (Å²) in [6, 6.07) is 20.9. The van der Waals surface area contributed by atoms with Gasteiger partial charge in [0.05, 0.1) is 10.6 Å². The average Bonchev–Trinajstić information content (AvgIpc) is 2.78. The van der Waals surface area contributed by atoms with E-state index in [1.54, 1.807) is 53.4 Å². The molecule has 0 aliphatic carbocycles. The van der Waals surface area contributed by atoms with Crippen molar-refractivity contribution in [2.75, 3.05) is 22.3 Å². The van der Waals surface area contributed by atoms with Crippen LogP contribution in [0.3, 0.4) is 0 Å². The van der Waals surface area contributed by atoms with E-state index in [1.165, 1.54) is 0 Å². The van der Waals surface area contributed by atoms with Crippen LogP contribution in [-0.4, -0.2) is 27.4 Å². The van der Waals surface area contributed by atoms with Crippen LogP contribution in [0, 0.1) is 6.92 Å². The molecule has 0 fully saturated rings. The lowest BCUT2D eigenvalue weighted by molar-refractivity contribution is -0.117. The largest absolute Gasteiger partial charge is 0.311 e. The Morgan fingerprint density at radius 1 is 1.00 bits per heavy atom. The molecular weight excluding hydrogens is 432 g/mol. The minimum absolute atomic E-state index is 0.139. The summed E-state index contributed by atoms with van der Waals surface area (Å²) in [6.45, 7) is 2.16. The fraction of sp³-hybridized carbons (Fsp3) is 0.208. The molecule has 1 heterocycles. The quantitative estimate of drug-likeness (QED) is 0.555. The smallest absolute Gasteiger partial charge is 0.264 e. The van der Waals surface area contributed by atoms with Crippen LogP contribution in [0.2, 0.25) is 5.02 Å². The highest BCUT2D eigenvalue weighted by molar-refractivity contribution is 7.92. The maximum atomic E-state index is 13.5. The molecule has 0 N–H and O–H groups in total. The summed E-state index contributed by atoms with van der Waals surface area (Å²) in [4.78, 5) is 15.2. The van der Waals surface area contributed by atoms with E-state index < -0.39 is 10.0 Å². The van der Waals surface area contributed by atoms with Gasteiger partial charge in [-0.1, -0.05) is 47.5 Å². The average molecular weight is 455 g/mol. The number of hydrogen-bond acceptors (Lipinski definition) is 3. The van der Waals surface area contributed by atoms with Crippen molar-refractivity contribution in [3.8, 4) is 0 Å². The number of fused-ring (bicyclic) bond motifs is 1. The Morgan fingerprint density at radius 3 is 2.39 bits per heavy atom. The fourth-order valence-corrected chi connectivity index (χ4v) is 5.30. The van der Waals surface area contributed by atoms with E-state index in [-0.39, 0.29) is 17.3 Å². The fourth-order valence-electron chi connectivity index (χ4n) is 3.76. The van der Waals surface area contributed by atoms with E-state index >= 15 is 0 Å². The van der Waals surface area contributed by atoms with Crippen LogP contribution in [0.15, 0.2) is 77.7 Å². The van der Waals surface area contributed by atoms with Crippen molar-refractivity contribution in [3.63, 3.8) is 0 Å². The minimum Gasteiger partial charge on any atom is -0.311 e. The van der Waals surface area contributed by atoms with Gasteiger partial charge in [-0.15, -0.1) is 0 Å². The molecule has 1 aliphatic rings. The van der Waals surface area contributed by atoms with Crippen molar-refractivity contribution in [1.29, 1.82) is 0 Å². The van der Waals surface area contributed by atoms with Gasteiger partial charge < -0.3 is 4.90 Å². The molecule has 7 heteroatoms. The first-order chi connectivity index (χ1) is 14.9. The number of hydrogen-bond donors (Lipinski definition) is 0. The molecule has 5 nitrogen and oxygen atoms in total. The standard InChI is InChI=1S/C24H23ClN2O3S/c1-18-8-14-22(15-9-18)31(29,30)27(21-12-10-20(25)11-13-21)17-24(28)26-16-4-6-19-5-2-3-7-23(19)26/h2-3,5,7-15H,4,6,16-17H2,1H3. The highest BCUT2D eigenvalue weighted by atomic mass is 35.5. The van der Waals surface area contributed by atoms with Gasteiger partial charge >= 0.3 is 0 Å². The van der Waals surface area contributed by atoms with Crippen molar-refractivity contribution in [2.45, 2.75) is 24.7 Å². The number of nitrogens with zero attached hydrogens (tertiary/aromatic N) is 2. The van der Waals surface area contributed by atoms with Gasteiger partial charge in [0.15, 0.2) is 0 Å². The molecular formula is C24H23ClN2O3S. The number of para-hydroxylation sites is 1. The molecule has 0 bridgehead atoms. The number of amides is 1. The Balaban J connectivity index is 1.71. The van der Waals surface area contributed by atoms with E-state index in [9.17, 15) is 13.2 Å². The predicted octanol–water partition coefficient (Wildman–Crippen LogP) is 4.82. The van der Waals surface area contributed by atoms with Crippen molar-refractivity contribution in [1.82, 2.24) is 0 Å². The molecule has 3 aromatic rings. The monoisotopic (exact) mass is 454 g/mol. The Morgan fingerprint density at radius 2 is 1.68 bits per heavy atom. The number of carbonyl (C=O) groups is 1. The number of anilines is 2. The molecule has 3 aromatic carbocycles. The zero-order valence-electron chi connectivity index (χ0n) is 17.2. The van der Waals surface area contributed by atoms with Gasteiger partial charge in [0.1, 0.15) is 6.54 Å². The Bertz CT molecular complexity index is 1190. The first-order valence-electron chi connectivity index (χ1n) is 10.1. The van der Waals surface area contributed by atoms with E-state index in [4.69, 9.17) is 11.6 Å². The second kappa shape index (κ2) is 8.73. The van der Waals surface area contributed by atoms with Gasteiger partial charge in [0.2, 0.25) is 5.91 Å². The van der Waals surface area contributed by atoms with Crippen LogP contribution < -0.4 is 9.21 Å². The SMILES string of the molecule is Cc1ccc(S(=O)(=O)N(CC(=O)N2CCCc3ccccc32)c2ccc(Cl)cc2)cc1. The van der Waals surface area contributed by atoms with Gasteiger partial charge in [-0.2, -0.15) is 0 Å². The lowest BCUT2D eigenvalue weighted by atomic mass is 10.0. The van der Waals surface area contributed by atoms with Crippen molar-refractivity contribution in [3.05, 3.63) is 88.9 Å². The second-order valence-corrected chi connectivity index (χ2v) is 9.88. The second-order valence-electron chi connectivity index (χ2n) is 7.58. The maximum absolute atomic E-state index is 13.5. The topological polar surface area (TPSA) is 57.7 Å². The Kier molecular flexibility index (Phi) is 6.03. The van der Waals surface area contributed by atoms with Crippen LogP contribution in [-0.2, 0) is 21.2 Å². The molecule has 0 atom stereocenters. The van der Waals surface area contributed by atoms with Gasteiger partial charge in [0, 0.05) is 17.3 Å². The molecule has 1 aliphatic heterocycles. The number of aryl methyl sites for hydroxylation is 2. The van der Waals surface area contributed by atoms with Gasteiger partial charge in [0.25, 0.3) is 10.0 Å². The maximum Gasteiger partial charge on any atom is 0.264 e. The zero-order valence-corrected chi connectivity index (χ0v) is 18.7. The highest BCUT2D eigenvalue weighted by Gasteiger charge is 2.30.